The third-order valence-electron chi connectivity index (χ3n) is 4.67. The summed E-state index contributed by atoms with van der Waals surface area (Å²) in [7, 11) is 1.79. The molecular weight excluding hydrogens is 316 g/mol. The number of aromatic nitrogens is 2. The molecule has 0 radical (unpaired) electrons. The van der Waals surface area contributed by atoms with E-state index in [4.69, 9.17) is 0 Å². The molecule has 6 heteroatoms. The second-order valence-electron chi connectivity index (χ2n) is 6.45. The lowest BCUT2D eigenvalue weighted by Gasteiger charge is -2.31. The molecule has 1 atom stereocenters. The van der Waals surface area contributed by atoms with E-state index in [0.717, 1.165) is 12.0 Å². The Kier molecular flexibility index (Phi) is 5.16. The van der Waals surface area contributed by atoms with Gasteiger partial charge in [0.1, 0.15) is 5.69 Å². The Morgan fingerprint density at radius 1 is 1.24 bits per heavy atom. The number of benzene rings is 1. The first kappa shape index (κ1) is 17.2. The summed E-state index contributed by atoms with van der Waals surface area (Å²) < 4.78 is 1.62. The molecule has 2 heterocycles. The van der Waals surface area contributed by atoms with Gasteiger partial charge >= 0.3 is 0 Å². The molecule has 0 unspecified atom stereocenters. The topological polar surface area (TPSA) is 58.4 Å². The fraction of sp³-hybridized carbons (Fsp3) is 0.421. The molecule has 25 heavy (non-hydrogen) atoms. The molecule has 0 saturated carbocycles. The van der Waals surface area contributed by atoms with Crippen molar-refractivity contribution in [1.82, 2.24) is 19.6 Å². The number of rotatable bonds is 4. The Bertz CT molecular complexity index is 741. The molecule has 2 aromatic rings. The van der Waals surface area contributed by atoms with Crippen LogP contribution in [0.4, 0.5) is 0 Å². The van der Waals surface area contributed by atoms with E-state index in [1.807, 2.05) is 35.2 Å². The van der Waals surface area contributed by atoms with E-state index < -0.39 is 0 Å². The van der Waals surface area contributed by atoms with Crippen molar-refractivity contribution in [3.8, 4) is 0 Å². The molecule has 3 rings (SSSR count). The lowest BCUT2D eigenvalue weighted by molar-refractivity contribution is -0.133. The van der Waals surface area contributed by atoms with Gasteiger partial charge in [0.25, 0.3) is 5.91 Å². The molecule has 0 N–H and O–H groups in total. The maximum Gasteiger partial charge on any atom is 0.274 e. The van der Waals surface area contributed by atoms with E-state index in [2.05, 4.69) is 12.0 Å². The summed E-state index contributed by atoms with van der Waals surface area (Å²) >= 11 is 0. The van der Waals surface area contributed by atoms with Gasteiger partial charge in [-0.25, -0.2) is 0 Å². The van der Waals surface area contributed by atoms with Gasteiger partial charge in [-0.1, -0.05) is 37.3 Å². The zero-order chi connectivity index (χ0) is 17.8. The molecular formula is C19H24N4O2. The molecule has 1 aromatic heterocycles. The van der Waals surface area contributed by atoms with Crippen molar-refractivity contribution >= 4 is 11.8 Å². The maximum absolute atomic E-state index is 12.7. The summed E-state index contributed by atoms with van der Waals surface area (Å²) in [6, 6.07) is 11.7. The van der Waals surface area contributed by atoms with E-state index in [-0.39, 0.29) is 17.9 Å². The molecule has 0 bridgehead atoms. The highest BCUT2D eigenvalue weighted by Crippen LogP contribution is 2.19. The van der Waals surface area contributed by atoms with Crippen LogP contribution in [-0.2, 0) is 18.4 Å². The van der Waals surface area contributed by atoms with Gasteiger partial charge in [-0.15, -0.1) is 0 Å². The minimum atomic E-state index is -0.103. The van der Waals surface area contributed by atoms with Gasteiger partial charge in [0, 0.05) is 45.3 Å². The molecule has 6 nitrogen and oxygen atoms in total. The summed E-state index contributed by atoms with van der Waals surface area (Å²) in [6.07, 6.45) is 2.92. The largest absolute Gasteiger partial charge is 0.335 e. The fourth-order valence-corrected chi connectivity index (χ4v) is 3.24. The SMILES string of the molecule is CC[C@@H]1CN(C(=O)c2ccn(C)n2)CCC(=O)N1Cc1ccccc1. The third-order valence-corrected chi connectivity index (χ3v) is 4.67. The van der Waals surface area contributed by atoms with Crippen molar-refractivity contribution in [2.45, 2.75) is 32.4 Å². The zero-order valence-corrected chi connectivity index (χ0v) is 14.8. The number of hydrogen-bond acceptors (Lipinski definition) is 3. The van der Waals surface area contributed by atoms with Crippen molar-refractivity contribution in [3.05, 3.63) is 53.9 Å². The van der Waals surface area contributed by atoms with Crippen LogP contribution in [0.2, 0.25) is 0 Å². The standard InChI is InChI=1S/C19H24N4O2/c1-3-16-14-22(19(25)17-9-11-21(2)20-17)12-10-18(24)23(16)13-15-7-5-4-6-8-15/h4-9,11,16H,3,10,12-14H2,1-2H3/t16-/m1/s1. The number of aryl methyl sites for hydroxylation is 1. The fourth-order valence-electron chi connectivity index (χ4n) is 3.24. The predicted molar refractivity (Wildman–Crippen MR) is 94.8 cm³/mol. The minimum absolute atomic E-state index is 0.0165. The van der Waals surface area contributed by atoms with Gasteiger partial charge in [-0.2, -0.15) is 5.10 Å². The lowest BCUT2D eigenvalue weighted by Crippen LogP contribution is -2.43. The van der Waals surface area contributed by atoms with Gasteiger partial charge in [-0.3, -0.25) is 14.3 Å². The highest BCUT2D eigenvalue weighted by Gasteiger charge is 2.31. The van der Waals surface area contributed by atoms with Gasteiger partial charge in [0.2, 0.25) is 5.91 Å². The summed E-state index contributed by atoms with van der Waals surface area (Å²) in [6.45, 7) is 3.63. The van der Waals surface area contributed by atoms with Gasteiger partial charge in [0.05, 0.1) is 0 Å². The van der Waals surface area contributed by atoms with Crippen LogP contribution in [0, 0.1) is 0 Å². The highest BCUT2D eigenvalue weighted by atomic mass is 16.2. The van der Waals surface area contributed by atoms with Crippen molar-refractivity contribution in [2.24, 2.45) is 7.05 Å². The van der Waals surface area contributed by atoms with E-state index in [1.54, 1.807) is 28.9 Å². The molecule has 1 aromatic carbocycles. The first-order valence-corrected chi connectivity index (χ1v) is 8.70. The number of nitrogens with zero attached hydrogens (tertiary/aromatic N) is 4. The molecule has 2 amide bonds. The second-order valence-corrected chi connectivity index (χ2v) is 6.45. The van der Waals surface area contributed by atoms with Crippen LogP contribution in [0.25, 0.3) is 0 Å². The summed E-state index contributed by atoms with van der Waals surface area (Å²) in [5.41, 5.74) is 1.54. The van der Waals surface area contributed by atoms with Crippen molar-refractivity contribution in [3.63, 3.8) is 0 Å². The maximum atomic E-state index is 12.7. The molecule has 0 spiro atoms. The normalized spacial score (nSPS) is 18.3. The highest BCUT2D eigenvalue weighted by molar-refractivity contribution is 5.92. The third kappa shape index (κ3) is 3.90. The van der Waals surface area contributed by atoms with Crippen molar-refractivity contribution in [2.75, 3.05) is 13.1 Å². The van der Waals surface area contributed by atoms with Crippen LogP contribution in [0.3, 0.4) is 0 Å². The lowest BCUT2D eigenvalue weighted by atomic mass is 10.1. The average Bonchev–Trinajstić information content (AvgIpc) is 3.00. The number of carbonyl (C=O) groups excluding carboxylic acids is 2. The van der Waals surface area contributed by atoms with Crippen molar-refractivity contribution in [1.29, 1.82) is 0 Å². The van der Waals surface area contributed by atoms with E-state index in [9.17, 15) is 9.59 Å². The van der Waals surface area contributed by atoms with E-state index in [1.165, 1.54) is 0 Å². The van der Waals surface area contributed by atoms with Gasteiger partial charge in [-0.05, 0) is 18.1 Å². The predicted octanol–water partition coefficient (Wildman–Crippen LogP) is 2.07. The first-order chi connectivity index (χ1) is 12.1. The van der Waals surface area contributed by atoms with Crippen LogP contribution in [0.15, 0.2) is 42.6 Å². The van der Waals surface area contributed by atoms with Crippen LogP contribution < -0.4 is 0 Å². The monoisotopic (exact) mass is 340 g/mol. The average molecular weight is 340 g/mol. The van der Waals surface area contributed by atoms with Crippen LogP contribution in [0.5, 0.6) is 0 Å². The van der Waals surface area contributed by atoms with Crippen LogP contribution >= 0.6 is 0 Å². The molecule has 0 aliphatic carbocycles. The summed E-state index contributed by atoms with van der Waals surface area (Å²) in [5, 5.41) is 4.20. The Morgan fingerprint density at radius 3 is 2.64 bits per heavy atom. The molecule has 1 fully saturated rings. The first-order valence-electron chi connectivity index (χ1n) is 8.70. The smallest absolute Gasteiger partial charge is 0.274 e. The summed E-state index contributed by atoms with van der Waals surface area (Å²) in [5.74, 6) is 0.000403. The molecule has 1 saturated heterocycles. The molecule has 132 valence electrons. The number of amides is 2. The number of hydrogen-bond donors (Lipinski definition) is 0. The minimum Gasteiger partial charge on any atom is -0.335 e. The summed E-state index contributed by atoms with van der Waals surface area (Å²) in [4.78, 5) is 29.1. The van der Waals surface area contributed by atoms with E-state index in [0.29, 0.717) is 31.7 Å². The quantitative estimate of drug-likeness (QED) is 0.856. The van der Waals surface area contributed by atoms with Crippen molar-refractivity contribution < 1.29 is 9.59 Å². The molecule has 1 aliphatic rings. The second kappa shape index (κ2) is 7.51. The van der Waals surface area contributed by atoms with Gasteiger partial charge < -0.3 is 9.80 Å². The Labute approximate surface area is 148 Å². The zero-order valence-electron chi connectivity index (χ0n) is 14.8. The Morgan fingerprint density at radius 2 is 2.00 bits per heavy atom. The Hall–Kier alpha value is -2.63. The molecule has 1 aliphatic heterocycles. The van der Waals surface area contributed by atoms with Crippen LogP contribution in [-0.4, -0.2) is 50.5 Å². The van der Waals surface area contributed by atoms with E-state index >= 15 is 0 Å². The Balaban J connectivity index is 1.77. The van der Waals surface area contributed by atoms with Gasteiger partial charge in [0.15, 0.2) is 0 Å². The number of carbonyl (C=O) groups is 2. The van der Waals surface area contributed by atoms with Crippen LogP contribution in [0.1, 0.15) is 35.8 Å².